The summed E-state index contributed by atoms with van der Waals surface area (Å²) >= 11 is 0. The normalized spacial score (nSPS) is 12.2. The molecule has 2 aromatic carbocycles. The van der Waals surface area contributed by atoms with Gasteiger partial charge in [0.1, 0.15) is 5.82 Å². The van der Waals surface area contributed by atoms with Gasteiger partial charge in [0, 0.05) is 12.6 Å². The molecule has 0 bridgehead atoms. The quantitative estimate of drug-likeness (QED) is 0.682. The monoisotopic (exact) mass is 380 g/mol. The molecule has 146 valence electrons. The van der Waals surface area contributed by atoms with Crippen molar-refractivity contribution in [2.45, 2.75) is 32.7 Å². The van der Waals surface area contributed by atoms with Crippen LogP contribution in [0.5, 0.6) is 0 Å². The zero-order chi connectivity index (χ0) is 20.3. The summed E-state index contributed by atoms with van der Waals surface area (Å²) in [4.78, 5) is 12.6. The second-order valence-corrected chi connectivity index (χ2v) is 7.17. The fourth-order valence-electron chi connectivity index (χ4n) is 3.02. The highest BCUT2D eigenvalue weighted by Gasteiger charge is 2.16. The van der Waals surface area contributed by atoms with Gasteiger partial charge in [-0.2, -0.15) is 5.10 Å². The van der Waals surface area contributed by atoms with E-state index in [9.17, 15) is 9.18 Å². The van der Waals surface area contributed by atoms with Gasteiger partial charge in [-0.25, -0.2) is 9.07 Å². The number of halogens is 1. The Morgan fingerprint density at radius 2 is 1.71 bits per heavy atom. The third kappa shape index (κ3) is 4.28. The molecule has 0 radical (unpaired) electrons. The Labute approximate surface area is 164 Å². The molecule has 5 nitrogen and oxygen atoms in total. The maximum absolute atomic E-state index is 13.1. The van der Waals surface area contributed by atoms with Gasteiger partial charge in [0.05, 0.1) is 23.1 Å². The minimum absolute atomic E-state index is 0.236. The van der Waals surface area contributed by atoms with Crippen molar-refractivity contribution in [3.8, 4) is 5.69 Å². The fourth-order valence-corrected chi connectivity index (χ4v) is 3.02. The lowest BCUT2D eigenvalue weighted by Crippen LogP contribution is -2.32. The van der Waals surface area contributed by atoms with Crippen LogP contribution in [0, 0.1) is 12.7 Å². The van der Waals surface area contributed by atoms with E-state index in [2.05, 4.69) is 36.4 Å². The van der Waals surface area contributed by atoms with E-state index in [0.29, 0.717) is 29.4 Å². The van der Waals surface area contributed by atoms with Gasteiger partial charge < -0.3 is 11.1 Å². The molecule has 28 heavy (non-hydrogen) atoms. The molecule has 3 rings (SSSR count). The zero-order valence-corrected chi connectivity index (χ0v) is 16.3. The molecule has 0 aliphatic heterocycles. The summed E-state index contributed by atoms with van der Waals surface area (Å²) in [5, 5.41) is 7.12. The number of amides is 1. The van der Waals surface area contributed by atoms with Crippen molar-refractivity contribution in [1.82, 2.24) is 15.1 Å². The molecule has 6 heteroatoms. The van der Waals surface area contributed by atoms with Crippen molar-refractivity contribution in [1.29, 1.82) is 0 Å². The van der Waals surface area contributed by atoms with Crippen LogP contribution in [-0.4, -0.2) is 22.2 Å². The first-order valence-electron chi connectivity index (χ1n) is 9.31. The number of carbonyl (C=O) groups is 1. The van der Waals surface area contributed by atoms with Gasteiger partial charge >= 0.3 is 0 Å². The van der Waals surface area contributed by atoms with Gasteiger partial charge in [0.2, 0.25) is 0 Å². The summed E-state index contributed by atoms with van der Waals surface area (Å²) in [5.74, 6) is -0.0901. The minimum atomic E-state index is -0.318. The number of nitrogens with two attached hydrogens (primary N) is 1. The van der Waals surface area contributed by atoms with Gasteiger partial charge in [-0.05, 0) is 48.2 Å². The van der Waals surface area contributed by atoms with Crippen molar-refractivity contribution in [3.05, 3.63) is 82.9 Å². The number of carbonyl (C=O) groups excluding carboxylic acids is 1. The number of rotatable bonds is 6. The second-order valence-electron chi connectivity index (χ2n) is 7.17. The number of benzene rings is 2. The SMILES string of the molecule is Cc1c(C(=O)NCC(N)c2ccc(C(C)C)cc2)cnn1-c1ccc(F)cc1. The minimum Gasteiger partial charge on any atom is -0.350 e. The van der Waals surface area contributed by atoms with Crippen molar-refractivity contribution in [3.63, 3.8) is 0 Å². The maximum Gasteiger partial charge on any atom is 0.254 e. The highest BCUT2D eigenvalue weighted by Crippen LogP contribution is 2.18. The Morgan fingerprint density at radius 1 is 1.11 bits per heavy atom. The first kappa shape index (κ1) is 19.8. The van der Waals surface area contributed by atoms with E-state index in [1.807, 2.05) is 12.1 Å². The number of hydrogen-bond acceptors (Lipinski definition) is 3. The number of hydrogen-bond donors (Lipinski definition) is 2. The van der Waals surface area contributed by atoms with Gasteiger partial charge in [-0.1, -0.05) is 38.1 Å². The zero-order valence-electron chi connectivity index (χ0n) is 16.3. The Kier molecular flexibility index (Phi) is 5.90. The van der Waals surface area contributed by atoms with E-state index in [4.69, 9.17) is 5.73 Å². The van der Waals surface area contributed by atoms with Crippen molar-refractivity contribution in [2.75, 3.05) is 6.54 Å². The molecule has 1 amide bonds. The van der Waals surface area contributed by atoms with Crippen molar-refractivity contribution < 1.29 is 9.18 Å². The highest BCUT2D eigenvalue weighted by atomic mass is 19.1. The van der Waals surface area contributed by atoms with Gasteiger partial charge in [0.15, 0.2) is 0 Å². The summed E-state index contributed by atoms with van der Waals surface area (Å²) in [6.45, 7) is 6.41. The lowest BCUT2D eigenvalue weighted by Gasteiger charge is -2.14. The second kappa shape index (κ2) is 8.35. The van der Waals surface area contributed by atoms with E-state index < -0.39 is 0 Å². The van der Waals surface area contributed by atoms with E-state index in [1.54, 1.807) is 23.7 Å². The van der Waals surface area contributed by atoms with Crippen LogP contribution in [-0.2, 0) is 0 Å². The molecule has 1 aromatic heterocycles. The molecule has 1 heterocycles. The molecule has 0 saturated heterocycles. The first-order valence-corrected chi connectivity index (χ1v) is 9.31. The molecule has 1 unspecified atom stereocenters. The molecule has 0 aliphatic carbocycles. The standard InChI is InChI=1S/C22H25FN4O/c1-14(2)16-4-6-17(7-5-16)21(24)13-25-22(28)20-12-26-27(15(20)3)19-10-8-18(23)9-11-19/h4-12,14,21H,13,24H2,1-3H3,(H,25,28). The summed E-state index contributed by atoms with van der Waals surface area (Å²) in [5.41, 5.74) is 10.3. The lowest BCUT2D eigenvalue weighted by molar-refractivity contribution is 0.0950. The number of nitrogens with zero attached hydrogens (tertiary/aromatic N) is 2. The average Bonchev–Trinajstić information content (AvgIpc) is 3.08. The van der Waals surface area contributed by atoms with E-state index in [0.717, 1.165) is 5.56 Å². The van der Waals surface area contributed by atoms with E-state index >= 15 is 0 Å². The van der Waals surface area contributed by atoms with Crippen LogP contribution >= 0.6 is 0 Å². The molecule has 0 spiro atoms. The van der Waals surface area contributed by atoms with Crippen LogP contribution in [0.4, 0.5) is 4.39 Å². The average molecular weight is 380 g/mol. The Morgan fingerprint density at radius 3 is 2.32 bits per heavy atom. The molecule has 0 fully saturated rings. The topological polar surface area (TPSA) is 72.9 Å². The summed E-state index contributed by atoms with van der Waals surface area (Å²) in [7, 11) is 0. The van der Waals surface area contributed by atoms with Crippen LogP contribution < -0.4 is 11.1 Å². The summed E-state index contributed by atoms with van der Waals surface area (Å²) in [6, 6.07) is 13.8. The van der Waals surface area contributed by atoms with Gasteiger partial charge in [0.25, 0.3) is 5.91 Å². The van der Waals surface area contributed by atoms with Crippen molar-refractivity contribution in [2.24, 2.45) is 5.73 Å². The van der Waals surface area contributed by atoms with Crippen molar-refractivity contribution >= 4 is 5.91 Å². The molecular formula is C22H25FN4O. The predicted octanol–water partition coefficient (Wildman–Crippen LogP) is 3.87. The lowest BCUT2D eigenvalue weighted by atomic mass is 9.99. The van der Waals surface area contributed by atoms with Crippen LogP contribution in [0.25, 0.3) is 5.69 Å². The number of aromatic nitrogens is 2. The van der Waals surface area contributed by atoms with Crippen LogP contribution in [0.3, 0.4) is 0 Å². The largest absolute Gasteiger partial charge is 0.350 e. The fraction of sp³-hybridized carbons (Fsp3) is 0.273. The van der Waals surface area contributed by atoms with Crippen LogP contribution in [0.2, 0.25) is 0 Å². The van der Waals surface area contributed by atoms with Crippen LogP contribution in [0.15, 0.2) is 54.7 Å². The molecular weight excluding hydrogens is 355 g/mol. The predicted molar refractivity (Wildman–Crippen MR) is 108 cm³/mol. The van der Waals surface area contributed by atoms with Gasteiger partial charge in [-0.15, -0.1) is 0 Å². The summed E-state index contributed by atoms with van der Waals surface area (Å²) in [6.07, 6.45) is 1.51. The van der Waals surface area contributed by atoms with Gasteiger partial charge in [-0.3, -0.25) is 4.79 Å². The first-order chi connectivity index (χ1) is 13.4. The molecule has 3 aromatic rings. The molecule has 0 saturated carbocycles. The Bertz CT molecular complexity index is 946. The molecule has 0 aliphatic rings. The Balaban J connectivity index is 1.65. The maximum atomic E-state index is 13.1. The molecule has 3 N–H and O–H groups in total. The summed E-state index contributed by atoms with van der Waals surface area (Å²) < 4.78 is 14.7. The highest BCUT2D eigenvalue weighted by molar-refractivity contribution is 5.95. The third-order valence-corrected chi connectivity index (χ3v) is 4.84. The van der Waals surface area contributed by atoms with Crippen LogP contribution in [0.1, 0.15) is 53.0 Å². The van der Waals surface area contributed by atoms with E-state index in [1.165, 1.54) is 23.9 Å². The smallest absolute Gasteiger partial charge is 0.254 e. The number of nitrogens with one attached hydrogen (secondary N) is 1. The van der Waals surface area contributed by atoms with E-state index in [-0.39, 0.29) is 17.8 Å². The third-order valence-electron chi connectivity index (χ3n) is 4.84. The molecule has 1 atom stereocenters. The Hall–Kier alpha value is -2.99.